The van der Waals surface area contributed by atoms with Crippen LogP contribution in [0.3, 0.4) is 0 Å². The molecule has 0 aliphatic heterocycles. The van der Waals surface area contributed by atoms with Gasteiger partial charge in [0.1, 0.15) is 0 Å². The molecule has 0 spiro atoms. The Morgan fingerprint density at radius 2 is 2.25 bits per heavy atom. The molecule has 0 bridgehead atoms. The largest absolute Gasteiger partial charge is 0.424 e. The summed E-state index contributed by atoms with van der Waals surface area (Å²) in [7, 11) is 0. The van der Waals surface area contributed by atoms with Crippen molar-refractivity contribution >= 4 is 39.8 Å². The van der Waals surface area contributed by atoms with Gasteiger partial charge in [0, 0.05) is 22.4 Å². The van der Waals surface area contributed by atoms with Gasteiger partial charge in [0.2, 0.25) is 0 Å². The summed E-state index contributed by atoms with van der Waals surface area (Å²) in [5, 5.41) is 4.92. The lowest BCUT2D eigenvalue weighted by Gasteiger charge is -2.02. The minimum absolute atomic E-state index is 0.453. The second kappa shape index (κ2) is 7.23. The fourth-order valence-corrected chi connectivity index (χ4v) is 2.41. The van der Waals surface area contributed by atoms with E-state index >= 15 is 0 Å². The Kier molecular flexibility index (Phi) is 4.87. The Morgan fingerprint density at radius 3 is 3.04 bits per heavy atom. The summed E-state index contributed by atoms with van der Waals surface area (Å²) in [4.78, 5) is 7.48. The molecular formula is C19H18ClN3O. The predicted molar refractivity (Wildman–Crippen MR) is 100 cm³/mol. The molecule has 0 saturated heterocycles. The summed E-state index contributed by atoms with van der Waals surface area (Å²) in [6.07, 6.45) is 9.73. The second-order valence-corrected chi connectivity index (χ2v) is 5.67. The zero-order chi connectivity index (χ0) is 16.9. The van der Waals surface area contributed by atoms with Crippen molar-refractivity contribution in [3.05, 3.63) is 72.3 Å². The van der Waals surface area contributed by atoms with Crippen LogP contribution in [0.25, 0.3) is 16.5 Å². The van der Waals surface area contributed by atoms with Crippen LogP contribution in [0.2, 0.25) is 0 Å². The first-order chi connectivity index (χ1) is 11.7. The van der Waals surface area contributed by atoms with E-state index in [4.69, 9.17) is 16.0 Å². The fraction of sp³-hybridized carbons (Fsp3) is 0.105. The van der Waals surface area contributed by atoms with Crippen LogP contribution in [0, 0.1) is 0 Å². The van der Waals surface area contributed by atoms with Gasteiger partial charge < -0.3 is 14.7 Å². The van der Waals surface area contributed by atoms with E-state index in [-0.39, 0.29) is 0 Å². The van der Waals surface area contributed by atoms with Crippen LogP contribution in [-0.4, -0.2) is 9.97 Å². The summed E-state index contributed by atoms with van der Waals surface area (Å²) in [5.74, 6) is 0.714. The van der Waals surface area contributed by atoms with E-state index in [0.29, 0.717) is 16.8 Å². The quantitative estimate of drug-likeness (QED) is 0.541. The maximum atomic E-state index is 5.94. The number of fused-ring (bicyclic) bond motifs is 1. The molecule has 122 valence electrons. The lowest BCUT2D eigenvalue weighted by Crippen LogP contribution is -1.89. The number of nitrogens with zero attached hydrogens (tertiary/aromatic N) is 1. The maximum Gasteiger partial charge on any atom is 0.299 e. The van der Waals surface area contributed by atoms with Crippen LogP contribution in [0.4, 0.5) is 11.7 Å². The molecule has 5 heteroatoms. The van der Waals surface area contributed by atoms with Gasteiger partial charge in [-0.2, -0.15) is 0 Å². The minimum Gasteiger partial charge on any atom is -0.424 e. The molecule has 2 N–H and O–H groups in total. The summed E-state index contributed by atoms with van der Waals surface area (Å²) >= 11 is 5.94. The highest BCUT2D eigenvalue weighted by Crippen LogP contribution is 2.25. The van der Waals surface area contributed by atoms with Crippen molar-refractivity contribution < 1.29 is 4.42 Å². The highest BCUT2D eigenvalue weighted by Gasteiger charge is 2.08. The number of halogens is 1. The number of hydrogen-bond acceptors (Lipinski definition) is 3. The Hall–Kier alpha value is -2.72. The van der Waals surface area contributed by atoms with Crippen molar-refractivity contribution in [3.63, 3.8) is 0 Å². The number of anilines is 2. The average Bonchev–Trinajstić information content (AvgIpc) is 3.24. The van der Waals surface area contributed by atoms with Gasteiger partial charge in [-0.25, -0.2) is 4.98 Å². The molecular weight excluding hydrogens is 322 g/mol. The van der Waals surface area contributed by atoms with Gasteiger partial charge in [0.25, 0.3) is 6.01 Å². The molecule has 0 aliphatic carbocycles. The molecule has 0 saturated carbocycles. The lowest BCUT2D eigenvalue weighted by molar-refractivity contribution is 0.562. The van der Waals surface area contributed by atoms with Crippen molar-refractivity contribution in [1.29, 1.82) is 0 Å². The summed E-state index contributed by atoms with van der Waals surface area (Å²) in [6.45, 7) is 5.68. The molecule has 1 aromatic carbocycles. The van der Waals surface area contributed by atoms with Gasteiger partial charge in [0.05, 0.1) is 6.20 Å². The number of H-pyrrole nitrogens is 1. The molecule has 2 heterocycles. The Bertz CT molecular complexity index is 917. The Morgan fingerprint density at radius 1 is 1.38 bits per heavy atom. The number of benzene rings is 1. The third-order valence-electron chi connectivity index (χ3n) is 3.65. The highest BCUT2D eigenvalue weighted by atomic mass is 35.5. The van der Waals surface area contributed by atoms with Crippen LogP contribution < -0.4 is 5.32 Å². The van der Waals surface area contributed by atoms with Crippen molar-refractivity contribution in [2.24, 2.45) is 0 Å². The van der Waals surface area contributed by atoms with Gasteiger partial charge in [-0.3, -0.25) is 0 Å². The predicted octanol–water partition coefficient (Wildman–Crippen LogP) is 6.00. The lowest BCUT2D eigenvalue weighted by atomic mass is 10.1. The van der Waals surface area contributed by atoms with Gasteiger partial charge in [0.15, 0.2) is 5.76 Å². The van der Waals surface area contributed by atoms with Gasteiger partial charge in [-0.1, -0.05) is 43.3 Å². The molecule has 0 amide bonds. The van der Waals surface area contributed by atoms with Crippen LogP contribution in [-0.2, 0) is 0 Å². The van der Waals surface area contributed by atoms with E-state index in [1.165, 1.54) is 0 Å². The van der Waals surface area contributed by atoms with E-state index in [9.17, 15) is 0 Å². The first-order valence-corrected chi connectivity index (χ1v) is 8.06. The van der Waals surface area contributed by atoms with Crippen molar-refractivity contribution in [2.45, 2.75) is 13.3 Å². The first kappa shape index (κ1) is 16.1. The van der Waals surface area contributed by atoms with Crippen molar-refractivity contribution in [1.82, 2.24) is 9.97 Å². The summed E-state index contributed by atoms with van der Waals surface area (Å²) in [5.41, 5.74) is 2.98. The van der Waals surface area contributed by atoms with E-state index in [0.717, 1.165) is 28.6 Å². The molecule has 3 rings (SSSR count). The number of aromatic nitrogens is 2. The molecule has 4 nitrogen and oxygen atoms in total. The molecule has 0 fully saturated rings. The van der Waals surface area contributed by atoms with Crippen LogP contribution in [0.1, 0.15) is 19.1 Å². The molecule has 24 heavy (non-hydrogen) atoms. The maximum absolute atomic E-state index is 5.94. The van der Waals surface area contributed by atoms with Crippen LogP contribution in [0.15, 0.2) is 70.9 Å². The topological polar surface area (TPSA) is 53.9 Å². The molecule has 3 aromatic rings. The van der Waals surface area contributed by atoms with Crippen LogP contribution >= 0.6 is 11.6 Å². The second-order valence-electron chi connectivity index (χ2n) is 5.24. The average molecular weight is 340 g/mol. The Balaban J connectivity index is 1.80. The number of hydrogen-bond donors (Lipinski definition) is 2. The summed E-state index contributed by atoms with van der Waals surface area (Å²) < 4.78 is 5.80. The van der Waals surface area contributed by atoms with E-state index < -0.39 is 0 Å². The highest BCUT2D eigenvalue weighted by molar-refractivity contribution is 6.31. The van der Waals surface area contributed by atoms with Crippen molar-refractivity contribution in [2.75, 3.05) is 5.32 Å². The smallest absolute Gasteiger partial charge is 0.299 e. The number of allylic oxidation sites excluding steroid dienone is 5. The molecule has 0 radical (unpaired) electrons. The number of rotatable bonds is 6. The van der Waals surface area contributed by atoms with E-state index in [2.05, 4.69) is 28.8 Å². The van der Waals surface area contributed by atoms with Crippen LogP contribution in [0.5, 0.6) is 0 Å². The Labute approximate surface area is 145 Å². The molecule has 0 unspecified atom stereocenters. The minimum atomic E-state index is 0.453. The van der Waals surface area contributed by atoms with Gasteiger partial charge in [-0.15, -0.1) is 0 Å². The first-order valence-electron chi connectivity index (χ1n) is 7.68. The molecule has 0 atom stereocenters. The normalized spacial score (nSPS) is 12.6. The number of oxazole rings is 1. The van der Waals surface area contributed by atoms with Crippen molar-refractivity contribution in [3.8, 4) is 0 Å². The molecule has 2 aromatic heterocycles. The standard InChI is InChI=1S/C19H18ClN3O/c1-3-13(5-7-15(20)4-2)18-12-22-19(24-18)23-16-8-6-14-9-10-21-17(14)11-16/h4-12,21H,2-3H2,1H3,(H,22,23)/b13-5+,15-7+. The summed E-state index contributed by atoms with van der Waals surface area (Å²) in [6, 6.07) is 8.53. The monoisotopic (exact) mass is 339 g/mol. The third-order valence-corrected chi connectivity index (χ3v) is 3.93. The SMILES string of the molecule is C=C/C(Cl)=C\C=C(/CC)c1cnc(Nc2ccc3cc[nH]c3c2)o1. The third kappa shape index (κ3) is 3.60. The van der Waals surface area contributed by atoms with E-state index in [1.807, 2.05) is 36.5 Å². The van der Waals surface area contributed by atoms with E-state index in [1.54, 1.807) is 18.3 Å². The number of nitrogens with one attached hydrogen (secondary N) is 2. The zero-order valence-corrected chi connectivity index (χ0v) is 14.1. The zero-order valence-electron chi connectivity index (χ0n) is 13.3. The van der Waals surface area contributed by atoms with Gasteiger partial charge in [-0.05, 0) is 41.7 Å². The molecule has 0 aliphatic rings. The number of aromatic amines is 1. The fourth-order valence-electron chi connectivity index (χ4n) is 2.35. The van der Waals surface area contributed by atoms with Gasteiger partial charge >= 0.3 is 0 Å².